The van der Waals surface area contributed by atoms with Gasteiger partial charge in [-0.2, -0.15) is 0 Å². The number of ether oxygens (including phenoxy) is 1. The van der Waals surface area contributed by atoms with Gasteiger partial charge in [0.2, 0.25) is 0 Å². The lowest BCUT2D eigenvalue weighted by Crippen LogP contribution is -2.41. The molecule has 0 unspecified atom stereocenters. The van der Waals surface area contributed by atoms with Crippen LogP contribution in [0.4, 0.5) is 5.82 Å². The maximum atomic E-state index is 12.4. The number of nitrogens with zero attached hydrogens (tertiary/aromatic N) is 2. The zero-order chi connectivity index (χ0) is 15.4. The van der Waals surface area contributed by atoms with Crippen LogP contribution in [0.5, 0.6) is 0 Å². The van der Waals surface area contributed by atoms with E-state index in [0.717, 1.165) is 38.5 Å². The van der Waals surface area contributed by atoms with E-state index in [1.54, 1.807) is 6.20 Å². The molecule has 2 heterocycles. The Morgan fingerprint density at radius 2 is 2.05 bits per heavy atom. The number of rotatable bonds is 3. The second-order valence-electron chi connectivity index (χ2n) is 6.35. The number of amides is 1. The number of carbonyl (C=O) groups excluding carboxylic acids is 1. The van der Waals surface area contributed by atoms with Crippen molar-refractivity contribution in [1.29, 1.82) is 0 Å². The first kappa shape index (κ1) is 15.3. The summed E-state index contributed by atoms with van der Waals surface area (Å²) in [6.45, 7) is 5.42. The first-order valence-electron chi connectivity index (χ1n) is 8.33. The van der Waals surface area contributed by atoms with Crippen LogP contribution in [-0.4, -0.2) is 43.2 Å². The Balaban J connectivity index is 1.60. The Morgan fingerprint density at radius 1 is 1.27 bits per heavy atom. The van der Waals surface area contributed by atoms with Crippen molar-refractivity contribution in [3.8, 4) is 0 Å². The monoisotopic (exact) mass is 303 g/mol. The Labute approximate surface area is 132 Å². The lowest BCUT2D eigenvalue weighted by atomic mass is 9.86. The van der Waals surface area contributed by atoms with E-state index in [9.17, 15) is 4.79 Å². The fourth-order valence-corrected chi connectivity index (χ4v) is 3.28. The van der Waals surface area contributed by atoms with Gasteiger partial charge in [-0.1, -0.05) is 19.8 Å². The minimum absolute atomic E-state index is 0.000206. The van der Waals surface area contributed by atoms with Gasteiger partial charge >= 0.3 is 0 Å². The minimum Gasteiger partial charge on any atom is -0.378 e. The molecule has 1 amide bonds. The highest BCUT2D eigenvalue weighted by Gasteiger charge is 2.23. The molecule has 1 aromatic heterocycles. The molecule has 2 aliphatic rings. The molecular weight excluding hydrogens is 278 g/mol. The Kier molecular flexibility index (Phi) is 4.93. The molecule has 22 heavy (non-hydrogen) atoms. The molecule has 2 fully saturated rings. The molecule has 5 heteroatoms. The summed E-state index contributed by atoms with van der Waals surface area (Å²) in [5, 5.41) is 3.17. The number of anilines is 1. The van der Waals surface area contributed by atoms with E-state index in [1.807, 2.05) is 12.1 Å². The van der Waals surface area contributed by atoms with Crippen LogP contribution in [0, 0.1) is 5.92 Å². The lowest BCUT2D eigenvalue weighted by molar-refractivity contribution is 0.0910. The third-order valence-corrected chi connectivity index (χ3v) is 4.77. The number of pyridine rings is 1. The maximum Gasteiger partial charge on any atom is 0.253 e. The third kappa shape index (κ3) is 3.58. The van der Waals surface area contributed by atoms with Gasteiger partial charge in [-0.25, -0.2) is 4.98 Å². The first-order valence-corrected chi connectivity index (χ1v) is 8.33. The van der Waals surface area contributed by atoms with Crippen LogP contribution in [0.2, 0.25) is 0 Å². The van der Waals surface area contributed by atoms with Crippen LogP contribution in [-0.2, 0) is 4.74 Å². The molecule has 1 aromatic rings. The van der Waals surface area contributed by atoms with Crippen molar-refractivity contribution in [2.45, 2.75) is 38.6 Å². The van der Waals surface area contributed by atoms with E-state index in [-0.39, 0.29) is 5.91 Å². The van der Waals surface area contributed by atoms with Crippen LogP contribution in [0.25, 0.3) is 0 Å². The number of hydrogen-bond donors (Lipinski definition) is 1. The molecule has 1 aliphatic heterocycles. The third-order valence-electron chi connectivity index (χ3n) is 4.77. The zero-order valence-electron chi connectivity index (χ0n) is 13.3. The van der Waals surface area contributed by atoms with E-state index in [0.29, 0.717) is 17.5 Å². The fourth-order valence-electron chi connectivity index (χ4n) is 3.28. The number of nitrogens with one attached hydrogen (secondary N) is 1. The average molecular weight is 303 g/mol. The van der Waals surface area contributed by atoms with Crippen molar-refractivity contribution in [2.75, 3.05) is 31.2 Å². The van der Waals surface area contributed by atoms with Crippen molar-refractivity contribution in [3.05, 3.63) is 23.9 Å². The standard InChI is InChI=1S/C17H25N3O2/c1-13-4-2-3-5-15(13)19-17(21)14-6-7-16(18-12-14)20-8-10-22-11-9-20/h6-7,12-13,15H,2-5,8-11H2,1H3,(H,19,21)/t13-,15-/m1/s1. The van der Waals surface area contributed by atoms with Gasteiger partial charge in [0.25, 0.3) is 5.91 Å². The largest absolute Gasteiger partial charge is 0.378 e. The average Bonchev–Trinajstić information content (AvgIpc) is 2.58. The van der Waals surface area contributed by atoms with Gasteiger partial charge in [-0.15, -0.1) is 0 Å². The van der Waals surface area contributed by atoms with E-state index < -0.39 is 0 Å². The van der Waals surface area contributed by atoms with Crippen molar-refractivity contribution >= 4 is 11.7 Å². The molecule has 1 aliphatic carbocycles. The van der Waals surface area contributed by atoms with Crippen LogP contribution in [0.15, 0.2) is 18.3 Å². The van der Waals surface area contributed by atoms with E-state index in [2.05, 4.69) is 22.1 Å². The molecule has 3 rings (SSSR count). The normalized spacial score (nSPS) is 25.8. The molecule has 1 saturated carbocycles. The molecule has 5 nitrogen and oxygen atoms in total. The highest BCUT2D eigenvalue weighted by atomic mass is 16.5. The number of aromatic nitrogens is 1. The number of carbonyl (C=O) groups is 1. The Bertz CT molecular complexity index is 497. The topological polar surface area (TPSA) is 54.5 Å². The molecular formula is C17H25N3O2. The maximum absolute atomic E-state index is 12.4. The number of morpholine rings is 1. The summed E-state index contributed by atoms with van der Waals surface area (Å²) in [6.07, 6.45) is 6.48. The highest BCUT2D eigenvalue weighted by Crippen LogP contribution is 2.24. The lowest BCUT2D eigenvalue weighted by Gasteiger charge is -2.29. The summed E-state index contributed by atoms with van der Waals surface area (Å²) in [5.74, 6) is 1.49. The molecule has 120 valence electrons. The summed E-state index contributed by atoms with van der Waals surface area (Å²) in [5.41, 5.74) is 0.648. The molecule has 1 N–H and O–H groups in total. The summed E-state index contributed by atoms with van der Waals surface area (Å²) in [7, 11) is 0. The van der Waals surface area contributed by atoms with Crippen molar-refractivity contribution < 1.29 is 9.53 Å². The highest BCUT2D eigenvalue weighted by molar-refractivity contribution is 5.94. The van der Waals surface area contributed by atoms with Gasteiger partial charge in [-0.05, 0) is 30.9 Å². The summed E-state index contributed by atoms with van der Waals surface area (Å²) in [6, 6.07) is 4.12. The Hall–Kier alpha value is -1.62. The van der Waals surface area contributed by atoms with Crippen LogP contribution in [0.3, 0.4) is 0 Å². The summed E-state index contributed by atoms with van der Waals surface area (Å²) < 4.78 is 5.34. The molecule has 0 aromatic carbocycles. The van der Waals surface area contributed by atoms with Crippen LogP contribution < -0.4 is 10.2 Å². The molecule has 0 radical (unpaired) electrons. The van der Waals surface area contributed by atoms with Crippen molar-refractivity contribution in [1.82, 2.24) is 10.3 Å². The zero-order valence-corrected chi connectivity index (χ0v) is 13.3. The predicted octanol–water partition coefficient (Wildman–Crippen LogP) is 2.23. The smallest absolute Gasteiger partial charge is 0.253 e. The van der Waals surface area contributed by atoms with Gasteiger partial charge in [0.1, 0.15) is 5.82 Å². The van der Waals surface area contributed by atoms with Crippen molar-refractivity contribution in [2.24, 2.45) is 5.92 Å². The van der Waals surface area contributed by atoms with Gasteiger partial charge in [0.15, 0.2) is 0 Å². The Morgan fingerprint density at radius 3 is 2.73 bits per heavy atom. The number of hydrogen-bond acceptors (Lipinski definition) is 4. The summed E-state index contributed by atoms with van der Waals surface area (Å²) in [4.78, 5) is 19.0. The van der Waals surface area contributed by atoms with E-state index in [1.165, 1.54) is 19.3 Å². The molecule has 0 bridgehead atoms. The minimum atomic E-state index is -0.000206. The molecule has 0 spiro atoms. The predicted molar refractivity (Wildman–Crippen MR) is 86.2 cm³/mol. The van der Waals surface area contributed by atoms with Gasteiger partial charge < -0.3 is 15.0 Å². The second-order valence-corrected chi connectivity index (χ2v) is 6.35. The van der Waals surface area contributed by atoms with E-state index in [4.69, 9.17) is 4.74 Å². The quantitative estimate of drug-likeness (QED) is 0.930. The molecule has 2 atom stereocenters. The summed E-state index contributed by atoms with van der Waals surface area (Å²) >= 11 is 0. The first-order chi connectivity index (χ1) is 10.7. The second kappa shape index (κ2) is 7.09. The van der Waals surface area contributed by atoms with Gasteiger partial charge in [0.05, 0.1) is 18.8 Å². The van der Waals surface area contributed by atoms with Gasteiger partial charge in [-0.3, -0.25) is 4.79 Å². The van der Waals surface area contributed by atoms with Crippen LogP contribution >= 0.6 is 0 Å². The van der Waals surface area contributed by atoms with E-state index >= 15 is 0 Å². The van der Waals surface area contributed by atoms with Gasteiger partial charge in [0, 0.05) is 25.3 Å². The molecule has 1 saturated heterocycles. The fraction of sp³-hybridized carbons (Fsp3) is 0.647. The van der Waals surface area contributed by atoms with Crippen LogP contribution in [0.1, 0.15) is 43.0 Å². The van der Waals surface area contributed by atoms with Crippen molar-refractivity contribution in [3.63, 3.8) is 0 Å². The SMILES string of the molecule is C[C@@H]1CCCC[C@H]1NC(=O)c1ccc(N2CCOCC2)nc1.